The summed E-state index contributed by atoms with van der Waals surface area (Å²) in [5, 5.41) is 0. The monoisotopic (exact) mass is 97.1 g/mol. The van der Waals surface area contributed by atoms with E-state index in [4.69, 9.17) is 0 Å². The summed E-state index contributed by atoms with van der Waals surface area (Å²) in [7, 11) is 0. The molecule has 0 spiro atoms. The van der Waals surface area contributed by atoms with Crippen molar-refractivity contribution in [2.45, 2.75) is 27.2 Å². The third-order valence-corrected chi connectivity index (χ3v) is 1.01. The first-order chi connectivity index (χ1) is 3.31. The number of allylic oxidation sites excluding steroid dienone is 2. The van der Waals surface area contributed by atoms with E-state index in [1.807, 2.05) is 6.92 Å². The van der Waals surface area contributed by atoms with Gasteiger partial charge in [-0.2, -0.15) is 0 Å². The van der Waals surface area contributed by atoms with Crippen molar-refractivity contribution in [3.05, 3.63) is 18.1 Å². The van der Waals surface area contributed by atoms with Crippen molar-refractivity contribution in [2.75, 3.05) is 0 Å². The summed E-state index contributed by atoms with van der Waals surface area (Å²) in [4.78, 5) is 0. The average Bonchev–Trinajstić information content (AvgIpc) is 1.68. The maximum atomic E-state index is 2.16. The molecule has 0 atom stereocenters. The third kappa shape index (κ3) is 3.57. The highest BCUT2D eigenvalue weighted by atomic mass is 13.9. The molecule has 0 aromatic rings. The number of hydrogen-bond acceptors (Lipinski definition) is 0. The van der Waals surface area contributed by atoms with Gasteiger partial charge in [0.1, 0.15) is 0 Å². The molecule has 0 nitrogen and oxygen atoms in total. The topological polar surface area (TPSA) is 0 Å². The minimum Gasteiger partial charge on any atom is -0.0911 e. The Bertz CT molecular complexity index is 53.1. The van der Waals surface area contributed by atoms with E-state index in [0.29, 0.717) is 0 Å². The lowest BCUT2D eigenvalue weighted by molar-refractivity contribution is 0.984. The quantitative estimate of drug-likeness (QED) is 0.496. The van der Waals surface area contributed by atoms with Crippen molar-refractivity contribution in [1.29, 1.82) is 0 Å². The van der Waals surface area contributed by atoms with Crippen molar-refractivity contribution < 1.29 is 0 Å². The van der Waals surface area contributed by atoms with E-state index >= 15 is 0 Å². The van der Waals surface area contributed by atoms with Crippen molar-refractivity contribution in [3.8, 4) is 0 Å². The van der Waals surface area contributed by atoms with Crippen LogP contribution in [0.1, 0.15) is 27.2 Å². The fourth-order valence-electron chi connectivity index (χ4n) is 0.402. The molecular formula is C7H13. The molecule has 0 bridgehead atoms. The Kier molecular flexibility index (Phi) is 3.77. The van der Waals surface area contributed by atoms with Crippen LogP contribution in [0.3, 0.4) is 0 Å². The summed E-state index contributed by atoms with van der Waals surface area (Å²) in [6.07, 6.45) is 5.38. The fraction of sp³-hybridized carbons (Fsp3) is 0.571. The van der Waals surface area contributed by atoms with Gasteiger partial charge in [0, 0.05) is 0 Å². The number of rotatable bonds is 2. The first-order valence-corrected chi connectivity index (χ1v) is 2.76. The molecule has 0 heteroatoms. The van der Waals surface area contributed by atoms with E-state index in [1.54, 1.807) is 0 Å². The van der Waals surface area contributed by atoms with Gasteiger partial charge in [0.15, 0.2) is 0 Å². The summed E-state index contributed by atoms with van der Waals surface area (Å²) >= 11 is 0. The van der Waals surface area contributed by atoms with Crippen molar-refractivity contribution >= 4 is 0 Å². The predicted octanol–water partition coefficient (Wildman–Crippen LogP) is 2.57. The van der Waals surface area contributed by atoms with Crippen LogP contribution in [-0.4, -0.2) is 0 Å². The molecule has 0 amide bonds. The minimum absolute atomic E-state index is 1.17. The SMILES string of the molecule is CC=C[C](C)CC. The van der Waals surface area contributed by atoms with Crippen LogP contribution in [0.15, 0.2) is 12.2 Å². The van der Waals surface area contributed by atoms with Gasteiger partial charge in [0.2, 0.25) is 0 Å². The second-order valence-electron chi connectivity index (χ2n) is 1.70. The summed E-state index contributed by atoms with van der Waals surface area (Å²) in [6.45, 7) is 6.34. The first kappa shape index (κ1) is 6.74. The normalized spacial score (nSPS) is 11.4. The van der Waals surface area contributed by atoms with E-state index in [0.717, 1.165) is 0 Å². The highest BCUT2D eigenvalue weighted by molar-refractivity contribution is 5.04. The van der Waals surface area contributed by atoms with Crippen LogP contribution in [0, 0.1) is 5.92 Å². The van der Waals surface area contributed by atoms with Crippen LogP contribution in [0.5, 0.6) is 0 Å². The third-order valence-electron chi connectivity index (χ3n) is 1.01. The molecule has 1 radical (unpaired) electrons. The Morgan fingerprint density at radius 2 is 2.14 bits per heavy atom. The van der Waals surface area contributed by atoms with E-state index in [-0.39, 0.29) is 0 Å². The van der Waals surface area contributed by atoms with E-state index in [9.17, 15) is 0 Å². The van der Waals surface area contributed by atoms with Crippen LogP contribution in [0.25, 0.3) is 0 Å². The molecule has 7 heavy (non-hydrogen) atoms. The molecule has 0 N–H and O–H groups in total. The lowest BCUT2D eigenvalue weighted by Crippen LogP contribution is -1.78. The Labute approximate surface area is 46.2 Å². The van der Waals surface area contributed by atoms with Crippen LogP contribution >= 0.6 is 0 Å². The van der Waals surface area contributed by atoms with Gasteiger partial charge < -0.3 is 0 Å². The summed E-state index contributed by atoms with van der Waals surface area (Å²) in [5.74, 6) is 1.45. The summed E-state index contributed by atoms with van der Waals surface area (Å²) in [6, 6.07) is 0. The van der Waals surface area contributed by atoms with Gasteiger partial charge in [-0.15, -0.1) is 0 Å². The molecule has 0 saturated heterocycles. The summed E-state index contributed by atoms with van der Waals surface area (Å²) in [5.41, 5.74) is 0. The second kappa shape index (κ2) is 3.91. The summed E-state index contributed by atoms with van der Waals surface area (Å²) < 4.78 is 0. The molecule has 41 valence electrons. The fourth-order valence-corrected chi connectivity index (χ4v) is 0.402. The van der Waals surface area contributed by atoms with Crippen LogP contribution in [0.4, 0.5) is 0 Å². The van der Waals surface area contributed by atoms with Crippen LogP contribution in [-0.2, 0) is 0 Å². The molecule has 0 unspecified atom stereocenters. The van der Waals surface area contributed by atoms with Gasteiger partial charge in [0.05, 0.1) is 0 Å². The zero-order valence-corrected chi connectivity index (χ0v) is 5.36. The number of hydrogen-bond donors (Lipinski definition) is 0. The first-order valence-electron chi connectivity index (χ1n) is 2.76. The largest absolute Gasteiger partial charge is 0.0911 e. The predicted molar refractivity (Wildman–Crippen MR) is 34.0 cm³/mol. The molecule has 0 saturated carbocycles. The molecule has 0 aromatic heterocycles. The van der Waals surface area contributed by atoms with Gasteiger partial charge >= 0.3 is 0 Å². The highest BCUT2D eigenvalue weighted by Crippen LogP contribution is 2.03. The standard InChI is InChI=1S/C7H13/c1-4-6-7(3)5-2/h4,6H,5H2,1-3H3. The van der Waals surface area contributed by atoms with Crippen molar-refractivity contribution in [2.24, 2.45) is 0 Å². The average molecular weight is 97.2 g/mol. The van der Waals surface area contributed by atoms with Crippen LogP contribution < -0.4 is 0 Å². The van der Waals surface area contributed by atoms with E-state index in [1.165, 1.54) is 12.3 Å². The molecule has 0 heterocycles. The Balaban J connectivity index is 3.16. The van der Waals surface area contributed by atoms with Crippen LogP contribution in [0.2, 0.25) is 0 Å². The van der Waals surface area contributed by atoms with Gasteiger partial charge in [-0.25, -0.2) is 0 Å². The molecule has 0 rings (SSSR count). The molecule has 0 fully saturated rings. The Morgan fingerprint density at radius 3 is 2.29 bits per heavy atom. The van der Waals surface area contributed by atoms with Crippen molar-refractivity contribution in [3.63, 3.8) is 0 Å². The second-order valence-corrected chi connectivity index (χ2v) is 1.70. The maximum absolute atomic E-state index is 2.16. The Morgan fingerprint density at radius 1 is 1.57 bits per heavy atom. The highest BCUT2D eigenvalue weighted by Gasteiger charge is 1.86. The molecule has 0 aliphatic heterocycles. The van der Waals surface area contributed by atoms with Crippen molar-refractivity contribution in [1.82, 2.24) is 0 Å². The van der Waals surface area contributed by atoms with Gasteiger partial charge in [0.25, 0.3) is 0 Å². The van der Waals surface area contributed by atoms with Gasteiger partial charge in [-0.05, 0) is 19.3 Å². The maximum Gasteiger partial charge on any atom is -0.00611 e. The van der Waals surface area contributed by atoms with Gasteiger partial charge in [-0.1, -0.05) is 26.0 Å². The van der Waals surface area contributed by atoms with E-state index in [2.05, 4.69) is 26.0 Å². The van der Waals surface area contributed by atoms with E-state index < -0.39 is 0 Å². The molecule has 0 aliphatic carbocycles. The molecule has 0 aliphatic rings. The Hall–Kier alpha value is -0.260. The molecule has 0 aromatic carbocycles. The zero-order chi connectivity index (χ0) is 5.70. The lowest BCUT2D eigenvalue weighted by Gasteiger charge is -1.94. The smallest absolute Gasteiger partial charge is 0.00611 e. The lowest BCUT2D eigenvalue weighted by atomic mass is 10.1. The zero-order valence-electron chi connectivity index (χ0n) is 5.36. The minimum atomic E-state index is 1.17. The molecular weight excluding hydrogens is 84.1 g/mol. The van der Waals surface area contributed by atoms with Gasteiger partial charge in [-0.3, -0.25) is 0 Å².